The number of aliphatic carboxylic acids is 1. The van der Waals surface area contributed by atoms with Gasteiger partial charge < -0.3 is 62.6 Å². The Morgan fingerprint density at radius 1 is 1.02 bits per heavy atom. The number of ether oxygens (including phenoxy) is 1. The number of carboxylic acid groups (broad SMARTS) is 1. The molecule has 1 aliphatic heterocycles. The molecule has 0 bridgehead atoms. The van der Waals surface area contributed by atoms with Crippen LogP contribution in [0.4, 0.5) is 0 Å². The van der Waals surface area contributed by atoms with E-state index >= 15 is 0 Å². The molecular weight excluding hydrogens is 806 g/mol. The molecule has 0 saturated heterocycles. The molecule has 0 saturated carbocycles. The smallest absolute Gasteiger partial charge is 0.326 e. The molecule has 54 heavy (non-hydrogen) atoms. The average molecular weight is 851 g/mol. The number of hydrogen-bond donors (Lipinski definition) is 11. The number of halogens is 4. The van der Waals surface area contributed by atoms with E-state index in [0.29, 0.717) is 5.54 Å². The summed E-state index contributed by atoms with van der Waals surface area (Å²) in [6.45, 7) is 4.53. The van der Waals surface area contributed by atoms with Crippen LogP contribution in [-0.2, 0) is 38.3 Å². The van der Waals surface area contributed by atoms with Crippen molar-refractivity contribution in [2.45, 2.75) is 105 Å². The second kappa shape index (κ2) is 20.6. The number of nitrogens with two attached hydrogens (primary N) is 1. The van der Waals surface area contributed by atoms with Gasteiger partial charge in [0.1, 0.15) is 47.8 Å². The van der Waals surface area contributed by atoms with Crippen molar-refractivity contribution in [1.82, 2.24) is 26.6 Å². The Hall–Kier alpha value is -3.27. The minimum absolute atomic E-state index is 0.0435. The number of hydrogen-bond acceptors (Lipinski definition) is 13. The normalized spacial score (nSPS) is 24.3. The van der Waals surface area contributed by atoms with Gasteiger partial charge in [0.25, 0.3) is 17.7 Å². The molecule has 8 atom stereocenters. The van der Waals surface area contributed by atoms with Crippen molar-refractivity contribution < 1.29 is 63.8 Å². The average Bonchev–Trinajstić information content (AvgIpc) is 3.34. The van der Waals surface area contributed by atoms with E-state index in [1.165, 1.54) is 6.92 Å². The standard InChI is InChI=1S/C31H44Cl4N6O13/c1-11(2)23-21(27(48)39-16(10-32)25(46)38-15(29(50)51)8-13-19(54-23)9-18(43)22(13)44)41-26(47)20(17(42)5-4-6-36)40-24(45)14(37-28(49)30(52)53)7-12(3)31(33,34)35/h10-12,14-15,17-18,20-21,23,30,42-43,52-53H,4-9,36H2,1-3H3,(H,37,49)(H,38,46)(H,39,48)(H,40,45)(H,41,47)(H,50,51)/b16-10+/t12?,14-,15?,17+,18?,20-,21?,23-/m0/s1. The largest absolute Gasteiger partial charge is 0.491 e. The van der Waals surface area contributed by atoms with Crippen LogP contribution in [0.1, 0.15) is 52.9 Å². The minimum Gasteiger partial charge on any atom is -0.491 e. The topological polar surface area (TPSA) is 316 Å². The third kappa shape index (κ3) is 12.9. The van der Waals surface area contributed by atoms with Crippen LogP contribution in [0.2, 0.25) is 0 Å². The monoisotopic (exact) mass is 848 g/mol. The predicted molar refractivity (Wildman–Crippen MR) is 191 cm³/mol. The number of nitrogens with one attached hydrogen (secondary N) is 5. The molecule has 12 N–H and O–H groups in total. The van der Waals surface area contributed by atoms with E-state index in [1.807, 2.05) is 0 Å². The minimum atomic E-state index is -2.57. The van der Waals surface area contributed by atoms with Gasteiger partial charge in [0.05, 0.1) is 6.10 Å². The zero-order valence-corrected chi connectivity index (χ0v) is 32.2. The Morgan fingerprint density at radius 3 is 2.17 bits per heavy atom. The fraction of sp³-hybridized carbons (Fsp3) is 0.645. The summed E-state index contributed by atoms with van der Waals surface area (Å²) in [5.74, 6) is -10.5. The molecule has 304 valence electrons. The quantitative estimate of drug-likeness (QED) is 0.0515. The van der Waals surface area contributed by atoms with Crippen molar-refractivity contribution in [3.63, 3.8) is 0 Å². The van der Waals surface area contributed by atoms with Gasteiger partial charge in [0.2, 0.25) is 18.1 Å². The van der Waals surface area contributed by atoms with Crippen molar-refractivity contribution in [3.05, 3.63) is 22.6 Å². The van der Waals surface area contributed by atoms with Crippen LogP contribution in [0.15, 0.2) is 22.6 Å². The second-order valence-electron chi connectivity index (χ2n) is 13.0. The molecule has 0 aromatic rings. The Bertz CT molecular complexity index is 1510. The molecule has 1 heterocycles. The highest BCUT2D eigenvalue weighted by Gasteiger charge is 2.44. The summed E-state index contributed by atoms with van der Waals surface area (Å²) in [7, 11) is 0. The second-order valence-corrected chi connectivity index (χ2v) is 15.6. The van der Waals surface area contributed by atoms with Crippen LogP contribution in [0.25, 0.3) is 0 Å². The van der Waals surface area contributed by atoms with Crippen molar-refractivity contribution in [3.8, 4) is 0 Å². The molecule has 19 nitrogen and oxygen atoms in total. The first-order valence-corrected chi connectivity index (χ1v) is 18.1. The summed E-state index contributed by atoms with van der Waals surface area (Å²) in [4.78, 5) is 91.8. The number of alkyl halides is 3. The summed E-state index contributed by atoms with van der Waals surface area (Å²) in [5.41, 5.74) is 5.22. The zero-order valence-electron chi connectivity index (χ0n) is 29.2. The molecular formula is C31H44Cl4N6O13. The van der Waals surface area contributed by atoms with Crippen molar-refractivity contribution >= 4 is 87.7 Å². The Morgan fingerprint density at radius 2 is 1.65 bits per heavy atom. The van der Waals surface area contributed by atoms with Crippen molar-refractivity contribution in [2.24, 2.45) is 17.6 Å². The molecule has 5 amide bonds. The van der Waals surface area contributed by atoms with Crippen molar-refractivity contribution in [2.75, 3.05) is 6.54 Å². The van der Waals surface area contributed by atoms with Gasteiger partial charge in [0, 0.05) is 29.9 Å². The number of Topliss-reactive ketones (excluding diaryl/α,β-unsaturated/α-hetero) is 1. The van der Waals surface area contributed by atoms with Gasteiger partial charge in [-0.1, -0.05) is 67.2 Å². The molecule has 23 heteroatoms. The molecule has 2 aliphatic rings. The lowest BCUT2D eigenvalue weighted by Gasteiger charge is -2.34. The maximum Gasteiger partial charge on any atom is 0.326 e. The van der Waals surface area contributed by atoms with Crippen LogP contribution in [0, 0.1) is 11.8 Å². The van der Waals surface area contributed by atoms with Gasteiger partial charge in [-0.2, -0.15) is 0 Å². The lowest BCUT2D eigenvalue weighted by molar-refractivity contribution is -0.150. The van der Waals surface area contributed by atoms with E-state index in [4.69, 9.17) is 56.9 Å². The fourth-order valence-electron chi connectivity index (χ4n) is 5.39. The lowest BCUT2D eigenvalue weighted by Crippen LogP contribution is -2.63. The maximum atomic E-state index is 14.1. The first kappa shape index (κ1) is 46.9. The molecule has 4 unspecified atom stereocenters. The van der Waals surface area contributed by atoms with E-state index in [9.17, 15) is 59.1 Å². The van der Waals surface area contributed by atoms with Crippen LogP contribution in [-0.4, -0.2) is 126 Å². The molecule has 1 aliphatic carbocycles. The summed E-state index contributed by atoms with van der Waals surface area (Å²) < 4.78 is 4.12. The summed E-state index contributed by atoms with van der Waals surface area (Å²) in [5, 5.41) is 61.0. The van der Waals surface area contributed by atoms with Gasteiger partial charge >= 0.3 is 5.97 Å². The van der Waals surface area contributed by atoms with Gasteiger partial charge in [-0.05, 0) is 31.7 Å². The number of aliphatic hydroxyl groups is 4. The van der Waals surface area contributed by atoms with Gasteiger partial charge in [-0.25, -0.2) is 4.79 Å². The van der Waals surface area contributed by atoms with Gasteiger partial charge in [-0.3, -0.25) is 28.8 Å². The Labute approximate surface area is 329 Å². The molecule has 0 aromatic heterocycles. The number of amides is 5. The first-order chi connectivity index (χ1) is 25.0. The Balaban J connectivity index is 2.65. The van der Waals surface area contributed by atoms with Crippen LogP contribution in [0.3, 0.4) is 0 Å². The summed E-state index contributed by atoms with van der Waals surface area (Å²) in [6, 6.07) is -7.15. The summed E-state index contributed by atoms with van der Waals surface area (Å²) in [6.07, 6.45) is -8.92. The van der Waals surface area contributed by atoms with Crippen LogP contribution >= 0.6 is 46.4 Å². The predicted octanol–water partition coefficient (Wildman–Crippen LogP) is -1.95. The first-order valence-electron chi connectivity index (χ1n) is 16.5. The highest BCUT2D eigenvalue weighted by molar-refractivity contribution is 6.67. The molecule has 0 aromatic carbocycles. The molecule has 2 rings (SSSR count). The van der Waals surface area contributed by atoms with Gasteiger partial charge in [-0.15, -0.1) is 0 Å². The molecule has 0 spiro atoms. The number of ketones is 1. The third-order valence-corrected chi connectivity index (χ3v) is 9.80. The van der Waals surface area contributed by atoms with Crippen molar-refractivity contribution in [1.29, 1.82) is 0 Å². The summed E-state index contributed by atoms with van der Waals surface area (Å²) >= 11 is 23.7. The number of carboxylic acids is 1. The number of carbonyl (C=O) groups excluding carboxylic acids is 6. The number of carbonyl (C=O) groups is 7. The van der Waals surface area contributed by atoms with E-state index < -0.39 is 131 Å². The fourth-order valence-corrected chi connectivity index (χ4v) is 5.81. The van der Waals surface area contributed by atoms with Crippen LogP contribution in [0.5, 0.6) is 0 Å². The van der Waals surface area contributed by atoms with E-state index in [1.54, 1.807) is 13.8 Å². The zero-order chi connectivity index (χ0) is 41.2. The van der Waals surface area contributed by atoms with Crippen LogP contribution < -0.4 is 32.3 Å². The van der Waals surface area contributed by atoms with E-state index in [-0.39, 0.29) is 30.7 Å². The Kier molecular flexibility index (Phi) is 17.9. The van der Waals surface area contributed by atoms with E-state index in [2.05, 4.69) is 26.6 Å². The highest BCUT2D eigenvalue weighted by atomic mass is 35.6. The molecule has 0 radical (unpaired) electrons. The SMILES string of the molecule is CC(C)[C@@H]1OC2=C(CC(C(=O)O)NC(=O)/C(=C\Cl)NC(=O)C1NC(=O)[C@@H](NC(=O)[C@H](CC(C)C(Cl)(Cl)Cl)NC(=O)C(O)O)[C@H](O)CCCN)C(=O)C(O)C2. The highest BCUT2D eigenvalue weighted by Crippen LogP contribution is 2.37. The lowest BCUT2D eigenvalue weighted by atomic mass is 9.96. The van der Waals surface area contributed by atoms with E-state index in [0.717, 1.165) is 0 Å². The number of rotatable bonds is 14. The maximum absolute atomic E-state index is 14.1. The third-order valence-electron chi connectivity index (χ3n) is 8.47. The number of aliphatic hydroxyl groups excluding tert-OH is 3. The van der Waals surface area contributed by atoms with Gasteiger partial charge in [0.15, 0.2) is 9.58 Å². The molecule has 0 fully saturated rings.